The van der Waals surface area contributed by atoms with E-state index in [0.717, 1.165) is 26.4 Å². The predicted molar refractivity (Wildman–Crippen MR) is 70.5 cm³/mol. The molecule has 0 unspecified atom stereocenters. The maximum Gasteiger partial charge on any atom is 0.180 e. The molecule has 0 radical (unpaired) electrons. The monoisotopic (exact) mass is 266 g/mol. The standard InChI is InChI=1S/C11H14N4S2/c1-7-5-9(3-4-12)6-13-10(7)17-11-15-14-8(2)16-11/h5-6H,3-4,12H2,1-2H3. The van der Waals surface area contributed by atoms with Crippen molar-refractivity contribution in [3.63, 3.8) is 0 Å². The Bertz CT molecular complexity index is 510. The summed E-state index contributed by atoms with van der Waals surface area (Å²) in [6.45, 7) is 4.67. The summed E-state index contributed by atoms with van der Waals surface area (Å²) in [6.07, 6.45) is 2.76. The number of hydrogen-bond donors (Lipinski definition) is 1. The Balaban J connectivity index is 2.16. The van der Waals surface area contributed by atoms with Crippen LogP contribution < -0.4 is 5.73 Å². The van der Waals surface area contributed by atoms with Gasteiger partial charge in [-0.3, -0.25) is 0 Å². The molecule has 17 heavy (non-hydrogen) atoms. The highest BCUT2D eigenvalue weighted by Crippen LogP contribution is 2.30. The molecule has 0 aliphatic rings. The number of hydrogen-bond acceptors (Lipinski definition) is 6. The molecule has 0 amide bonds. The lowest BCUT2D eigenvalue weighted by Crippen LogP contribution is -2.03. The zero-order chi connectivity index (χ0) is 12.3. The van der Waals surface area contributed by atoms with E-state index in [1.807, 2.05) is 13.1 Å². The maximum atomic E-state index is 5.53. The topological polar surface area (TPSA) is 64.7 Å². The second kappa shape index (κ2) is 5.57. The molecule has 6 heteroatoms. The van der Waals surface area contributed by atoms with Gasteiger partial charge in [0.15, 0.2) is 4.34 Å². The Hall–Kier alpha value is -0.980. The SMILES string of the molecule is Cc1nnc(Sc2ncc(CCN)cc2C)s1. The van der Waals surface area contributed by atoms with Crippen LogP contribution in [0.25, 0.3) is 0 Å². The normalized spacial score (nSPS) is 10.8. The van der Waals surface area contributed by atoms with Gasteiger partial charge in [-0.05, 0) is 49.7 Å². The van der Waals surface area contributed by atoms with Crippen molar-refractivity contribution in [3.05, 3.63) is 28.4 Å². The van der Waals surface area contributed by atoms with Crippen LogP contribution in [0.1, 0.15) is 16.1 Å². The molecule has 2 heterocycles. The third-order valence-electron chi connectivity index (χ3n) is 2.21. The molecular weight excluding hydrogens is 252 g/mol. The van der Waals surface area contributed by atoms with Gasteiger partial charge >= 0.3 is 0 Å². The lowest BCUT2D eigenvalue weighted by Gasteiger charge is -2.04. The quantitative estimate of drug-likeness (QED) is 0.919. The highest BCUT2D eigenvalue weighted by atomic mass is 32.2. The van der Waals surface area contributed by atoms with Crippen LogP contribution >= 0.6 is 23.1 Å². The van der Waals surface area contributed by atoms with Gasteiger partial charge in [-0.1, -0.05) is 17.4 Å². The lowest BCUT2D eigenvalue weighted by atomic mass is 10.2. The fourth-order valence-corrected chi connectivity index (χ4v) is 3.19. The molecule has 0 saturated carbocycles. The molecule has 0 aromatic carbocycles. The van der Waals surface area contributed by atoms with Gasteiger partial charge in [0.05, 0.1) is 0 Å². The van der Waals surface area contributed by atoms with Gasteiger partial charge in [0.2, 0.25) is 0 Å². The van der Waals surface area contributed by atoms with Crippen LogP contribution in [0.5, 0.6) is 0 Å². The minimum Gasteiger partial charge on any atom is -0.330 e. The predicted octanol–water partition coefficient (Wildman–Crippen LogP) is 2.20. The van der Waals surface area contributed by atoms with Crippen molar-refractivity contribution in [3.8, 4) is 0 Å². The minimum absolute atomic E-state index is 0.656. The fourth-order valence-electron chi connectivity index (χ4n) is 1.43. The van der Waals surface area contributed by atoms with Crippen LogP contribution in [0.15, 0.2) is 21.6 Å². The van der Waals surface area contributed by atoms with E-state index in [0.29, 0.717) is 6.54 Å². The zero-order valence-electron chi connectivity index (χ0n) is 9.80. The summed E-state index contributed by atoms with van der Waals surface area (Å²) >= 11 is 3.15. The Morgan fingerprint density at radius 3 is 2.76 bits per heavy atom. The number of pyridine rings is 1. The largest absolute Gasteiger partial charge is 0.330 e. The van der Waals surface area contributed by atoms with Crippen LogP contribution in [0, 0.1) is 13.8 Å². The molecule has 2 N–H and O–H groups in total. The number of aryl methyl sites for hydroxylation is 2. The maximum absolute atomic E-state index is 5.53. The first-order chi connectivity index (χ1) is 8.19. The second-order valence-corrected chi connectivity index (χ2v) is 6.11. The van der Waals surface area contributed by atoms with E-state index in [9.17, 15) is 0 Å². The van der Waals surface area contributed by atoms with Crippen LogP contribution in [-0.2, 0) is 6.42 Å². The molecule has 2 aromatic rings. The number of aromatic nitrogens is 3. The molecule has 0 aliphatic carbocycles. The van der Waals surface area contributed by atoms with Crippen molar-refractivity contribution in [2.24, 2.45) is 5.73 Å². The smallest absolute Gasteiger partial charge is 0.180 e. The van der Waals surface area contributed by atoms with Gasteiger partial charge in [-0.2, -0.15) is 0 Å². The van der Waals surface area contributed by atoms with Crippen LogP contribution in [-0.4, -0.2) is 21.7 Å². The molecule has 4 nitrogen and oxygen atoms in total. The van der Waals surface area contributed by atoms with Gasteiger partial charge in [-0.15, -0.1) is 10.2 Å². The molecule has 0 atom stereocenters. The Kier molecular flexibility index (Phi) is 4.09. The van der Waals surface area contributed by atoms with Gasteiger partial charge in [0.1, 0.15) is 10.0 Å². The van der Waals surface area contributed by atoms with Gasteiger partial charge in [0.25, 0.3) is 0 Å². The average Bonchev–Trinajstić information content (AvgIpc) is 2.69. The lowest BCUT2D eigenvalue weighted by molar-refractivity contribution is 0.933. The number of nitrogens with two attached hydrogens (primary N) is 1. The van der Waals surface area contributed by atoms with Crippen molar-refractivity contribution in [1.82, 2.24) is 15.2 Å². The summed E-state index contributed by atoms with van der Waals surface area (Å²) in [4.78, 5) is 4.45. The first-order valence-electron chi connectivity index (χ1n) is 5.32. The van der Waals surface area contributed by atoms with Crippen molar-refractivity contribution in [2.75, 3.05) is 6.54 Å². The first-order valence-corrected chi connectivity index (χ1v) is 6.96. The van der Waals surface area contributed by atoms with Gasteiger partial charge < -0.3 is 5.73 Å². The van der Waals surface area contributed by atoms with Gasteiger partial charge in [-0.25, -0.2) is 4.98 Å². The first kappa shape index (κ1) is 12.5. The van der Waals surface area contributed by atoms with E-state index in [2.05, 4.69) is 28.2 Å². The van der Waals surface area contributed by atoms with E-state index in [-0.39, 0.29) is 0 Å². The summed E-state index contributed by atoms with van der Waals surface area (Å²) in [5.41, 5.74) is 7.87. The van der Waals surface area contributed by atoms with Gasteiger partial charge in [0, 0.05) is 6.20 Å². The minimum atomic E-state index is 0.656. The molecule has 0 bridgehead atoms. The summed E-state index contributed by atoms with van der Waals surface area (Å²) in [5, 5.41) is 10.0. The van der Waals surface area contributed by atoms with Crippen LogP contribution in [0.3, 0.4) is 0 Å². The summed E-state index contributed by atoms with van der Waals surface area (Å²) in [5.74, 6) is 0. The molecular formula is C11H14N4S2. The van der Waals surface area contributed by atoms with Crippen molar-refractivity contribution < 1.29 is 0 Å². The molecule has 2 aromatic heterocycles. The van der Waals surface area contributed by atoms with E-state index in [1.165, 1.54) is 5.56 Å². The van der Waals surface area contributed by atoms with Crippen molar-refractivity contribution in [2.45, 2.75) is 29.6 Å². The van der Waals surface area contributed by atoms with Crippen molar-refractivity contribution in [1.29, 1.82) is 0 Å². The fraction of sp³-hybridized carbons (Fsp3) is 0.364. The number of nitrogens with zero attached hydrogens (tertiary/aromatic N) is 3. The molecule has 0 saturated heterocycles. The third kappa shape index (κ3) is 3.24. The summed E-state index contributed by atoms with van der Waals surface area (Å²) in [6, 6.07) is 2.14. The van der Waals surface area contributed by atoms with Crippen LogP contribution in [0.4, 0.5) is 0 Å². The van der Waals surface area contributed by atoms with Crippen molar-refractivity contribution >= 4 is 23.1 Å². The van der Waals surface area contributed by atoms with E-state index in [1.54, 1.807) is 23.1 Å². The molecule has 0 fully saturated rings. The second-order valence-electron chi connectivity index (χ2n) is 3.69. The molecule has 0 spiro atoms. The Labute approximate surface area is 109 Å². The molecule has 90 valence electrons. The highest BCUT2D eigenvalue weighted by molar-refractivity contribution is 8.01. The van der Waals surface area contributed by atoms with E-state index >= 15 is 0 Å². The summed E-state index contributed by atoms with van der Waals surface area (Å²) < 4.78 is 0.935. The summed E-state index contributed by atoms with van der Waals surface area (Å²) in [7, 11) is 0. The Morgan fingerprint density at radius 2 is 2.18 bits per heavy atom. The average molecular weight is 266 g/mol. The molecule has 2 rings (SSSR count). The van der Waals surface area contributed by atoms with E-state index in [4.69, 9.17) is 5.73 Å². The number of rotatable bonds is 4. The Morgan fingerprint density at radius 1 is 1.35 bits per heavy atom. The van der Waals surface area contributed by atoms with E-state index < -0.39 is 0 Å². The van der Waals surface area contributed by atoms with Crippen LogP contribution in [0.2, 0.25) is 0 Å². The third-order valence-corrected chi connectivity index (χ3v) is 4.22. The molecule has 0 aliphatic heterocycles. The highest BCUT2D eigenvalue weighted by Gasteiger charge is 2.07. The zero-order valence-corrected chi connectivity index (χ0v) is 11.4.